The molecule has 2 nitrogen and oxygen atoms in total. The molecule has 0 atom stereocenters. The lowest BCUT2D eigenvalue weighted by Crippen LogP contribution is -2.23. The van der Waals surface area contributed by atoms with E-state index >= 15 is 0 Å². The van der Waals surface area contributed by atoms with Gasteiger partial charge in [-0.3, -0.25) is 0 Å². The molecule has 0 bridgehead atoms. The monoisotopic (exact) mass is 245 g/mol. The Bertz CT molecular complexity index is 380. The van der Waals surface area contributed by atoms with Crippen LogP contribution in [0.25, 0.3) is 0 Å². The zero-order valence-electron chi connectivity index (χ0n) is 8.71. The summed E-state index contributed by atoms with van der Waals surface area (Å²) >= 11 is 1.84. The van der Waals surface area contributed by atoms with Gasteiger partial charge in [0.2, 0.25) is 5.82 Å². The number of benzene rings is 1. The van der Waals surface area contributed by atoms with Crippen LogP contribution in [0, 0.1) is 11.6 Å². The van der Waals surface area contributed by atoms with Crippen LogP contribution in [0.3, 0.4) is 0 Å². The number of hydrogen-bond acceptors (Lipinski definition) is 3. The maximum atomic E-state index is 13.4. The third kappa shape index (κ3) is 2.40. The van der Waals surface area contributed by atoms with Gasteiger partial charge in [0.05, 0.1) is 5.69 Å². The molecule has 0 spiro atoms. The highest BCUT2D eigenvalue weighted by molar-refractivity contribution is 7.99. The summed E-state index contributed by atoms with van der Waals surface area (Å²) in [6.07, 6.45) is 1.64. The molecule has 0 aliphatic carbocycles. The van der Waals surface area contributed by atoms with Gasteiger partial charge in [0.1, 0.15) is 6.10 Å². The molecule has 0 amide bonds. The molecule has 0 saturated carbocycles. The molecule has 5 heteroatoms. The fourth-order valence-corrected chi connectivity index (χ4v) is 2.69. The quantitative estimate of drug-likeness (QED) is 0.814. The largest absolute Gasteiger partial charge is 0.485 e. The van der Waals surface area contributed by atoms with E-state index in [1.165, 1.54) is 6.07 Å². The molecule has 1 saturated heterocycles. The molecule has 16 heavy (non-hydrogen) atoms. The Labute approximate surface area is 97.2 Å². The molecule has 0 radical (unpaired) electrons. The molecule has 2 rings (SSSR count). The van der Waals surface area contributed by atoms with E-state index in [2.05, 4.69) is 0 Å². The molecule has 1 aliphatic heterocycles. The van der Waals surface area contributed by atoms with Crippen LogP contribution in [0.5, 0.6) is 5.75 Å². The minimum absolute atomic E-state index is 0.0557. The number of nitrogen functional groups attached to an aromatic ring is 1. The van der Waals surface area contributed by atoms with Crippen LogP contribution < -0.4 is 10.5 Å². The van der Waals surface area contributed by atoms with E-state index in [0.717, 1.165) is 30.4 Å². The van der Waals surface area contributed by atoms with Crippen molar-refractivity contribution in [3.8, 4) is 5.75 Å². The van der Waals surface area contributed by atoms with Gasteiger partial charge >= 0.3 is 0 Å². The third-order valence-corrected chi connectivity index (χ3v) is 3.58. The van der Waals surface area contributed by atoms with Crippen molar-refractivity contribution < 1.29 is 13.5 Å². The first-order valence-corrected chi connectivity index (χ1v) is 6.32. The number of anilines is 1. The van der Waals surface area contributed by atoms with Gasteiger partial charge in [-0.15, -0.1) is 0 Å². The predicted molar refractivity (Wildman–Crippen MR) is 61.7 cm³/mol. The minimum atomic E-state index is -0.988. The SMILES string of the molecule is Nc1ccc(F)c(F)c1OC1CCSCC1. The molecule has 0 unspecified atom stereocenters. The van der Waals surface area contributed by atoms with Gasteiger partial charge in [-0.25, -0.2) is 4.39 Å². The lowest BCUT2D eigenvalue weighted by atomic mass is 10.2. The molecular weight excluding hydrogens is 232 g/mol. The van der Waals surface area contributed by atoms with Crippen molar-refractivity contribution in [2.24, 2.45) is 0 Å². The van der Waals surface area contributed by atoms with Gasteiger partial charge in [0, 0.05) is 0 Å². The normalized spacial score (nSPS) is 17.4. The third-order valence-electron chi connectivity index (χ3n) is 2.53. The number of ether oxygens (including phenoxy) is 1. The number of halogens is 2. The molecule has 2 N–H and O–H groups in total. The molecule has 0 aromatic heterocycles. The van der Waals surface area contributed by atoms with Gasteiger partial charge in [0.15, 0.2) is 11.6 Å². The summed E-state index contributed by atoms with van der Waals surface area (Å²) in [6, 6.07) is 2.33. The highest BCUT2D eigenvalue weighted by Crippen LogP contribution is 2.30. The Morgan fingerprint density at radius 1 is 1.25 bits per heavy atom. The van der Waals surface area contributed by atoms with Gasteiger partial charge in [-0.1, -0.05) is 0 Å². The molecule has 88 valence electrons. The molecule has 1 aromatic rings. The lowest BCUT2D eigenvalue weighted by Gasteiger charge is -2.23. The Morgan fingerprint density at radius 3 is 2.62 bits per heavy atom. The zero-order chi connectivity index (χ0) is 11.5. The average molecular weight is 245 g/mol. The van der Waals surface area contributed by atoms with E-state index < -0.39 is 11.6 Å². The van der Waals surface area contributed by atoms with E-state index in [1.54, 1.807) is 0 Å². The Balaban J connectivity index is 2.16. The fraction of sp³-hybridized carbons (Fsp3) is 0.455. The van der Waals surface area contributed by atoms with Crippen LogP contribution in [0.15, 0.2) is 12.1 Å². The van der Waals surface area contributed by atoms with E-state index in [9.17, 15) is 8.78 Å². The summed E-state index contributed by atoms with van der Waals surface area (Å²) in [5.74, 6) is -0.0762. The molecule has 1 aromatic carbocycles. The first kappa shape index (κ1) is 11.5. The summed E-state index contributed by atoms with van der Waals surface area (Å²) in [4.78, 5) is 0. The molecular formula is C11H13F2NOS. The van der Waals surface area contributed by atoms with Crippen molar-refractivity contribution in [3.63, 3.8) is 0 Å². The first-order valence-electron chi connectivity index (χ1n) is 5.16. The van der Waals surface area contributed by atoms with E-state index in [1.807, 2.05) is 11.8 Å². The fourth-order valence-electron chi connectivity index (χ4n) is 1.63. The van der Waals surface area contributed by atoms with Crippen LogP contribution in [-0.4, -0.2) is 17.6 Å². The number of rotatable bonds is 2. The van der Waals surface area contributed by atoms with Crippen LogP contribution in [-0.2, 0) is 0 Å². The summed E-state index contributed by atoms with van der Waals surface area (Å²) in [6.45, 7) is 0. The second kappa shape index (κ2) is 4.91. The summed E-state index contributed by atoms with van der Waals surface area (Å²) < 4.78 is 31.9. The van der Waals surface area contributed by atoms with Crippen molar-refractivity contribution >= 4 is 17.4 Å². The summed E-state index contributed by atoms with van der Waals surface area (Å²) in [5, 5.41) is 0. The average Bonchev–Trinajstić information content (AvgIpc) is 2.31. The second-order valence-corrected chi connectivity index (χ2v) is 4.93. The van der Waals surface area contributed by atoms with Gasteiger partial charge in [0.25, 0.3) is 0 Å². The van der Waals surface area contributed by atoms with Crippen molar-refractivity contribution in [2.75, 3.05) is 17.2 Å². The number of nitrogens with two attached hydrogens (primary N) is 1. The summed E-state index contributed by atoms with van der Waals surface area (Å²) in [5.41, 5.74) is 5.72. The number of thioether (sulfide) groups is 1. The van der Waals surface area contributed by atoms with Crippen LogP contribution in [0.4, 0.5) is 14.5 Å². The minimum Gasteiger partial charge on any atom is -0.485 e. The number of hydrogen-bond donors (Lipinski definition) is 1. The topological polar surface area (TPSA) is 35.2 Å². The Hall–Kier alpha value is -0.970. The van der Waals surface area contributed by atoms with Crippen LogP contribution in [0.1, 0.15) is 12.8 Å². The van der Waals surface area contributed by atoms with Gasteiger partial charge in [-0.05, 0) is 36.5 Å². The highest BCUT2D eigenvalue weighted by Gasteiger charge is 2.20. The summed E-state index contributed by atoms with van der Waals surface area (Å²) in [7, 11) is 0. The van der Waals surface area contributed by atoms with Gasteiger partial charge in [-0.2, -0.15) is 16.2 Å². The Kier molecular flexibility index (Phi) is 3.53. The van der Waals surface area contributed by atoms with Gasteiger partial charge < -0.3 is 10.5 Å². The van der Waals surface area contributed by atoms with Crippen molar-refractivity contribution in [1.82, 2.24) is 0 Å². The highest BCUT2D eigenvalue weighted by atomic mass is 32.2. The second-order valence-electron chi connectivity index (χ2n) is 3.71. The van der Waals surface area contributed by atoms with Crippen LogP contribution >= 0.6 is 11.8 Å². The first-order chi connectivity index (χ1) is 7.68. The van der Waals surface area contributed by atoms with Crippen molar-refractivity contribution in [3.05, 3.63) is 23.8 Å². The maximum Gasteiger partial charge on any atom is 0.202 e. The standard InChI is InChI=1S/C11H13F2NOS/c12-8-1-2-9(14)11(10(8)13)15-7-3-5-16-6-4-7/h1-2,7H,3-6,14H2. The van der Waals surface area contributed by atoms with E-state index in [4.69, 9.17) is 10.5 Å². The maximum absolute atomic E-state index is 13.4. The smallest absolute Gasteiger partial charge is 0.202 e. The zero-order valence-corrected chi connectivity index (χ0v) is 9.53. The van der Waals surface area contributed by atoms with Crippen LogP contribution in [0.2, 0.25) is 0 Å². The molecule has 1 heterocycles. The molecule has 1 fully saturated rings. The lowest BCUT2D eigenvalue weighted by molar-refractivity contribution is 0.183. The predicted octanol–water partition coefficient (Wildman–Crippen LogP) is 2.82. The van der Waals surface area contributed by atoms with Crippen molar-refractivity contribution in [1.29, 1.82) is 0 Å². The molecule has 1 aliphatic rings. The van der Waals surface area contributed by atoms with Crippen molar-refractivity contribution in [2.45, 2.75) is 18.9 Å². The van der Waals surface area contributed by atoms with E-state index in [0.29, 0.717) is 0 Å². The Morgan fingerprint density at radius 2 is 1.94 bits per heavy atom. The van der Waals surface area contributed by atoms with E-state index in [-0.39, 0.29) is 17.5 Å².